The Morgan fingerprint density at radius 1 is 1.11 bits per heavy atom. The van der Waals surface area contributed by atoms with Crippen LogP contribution in [0.1, 0.15) is 51.4 Å². The van der Waals surface area contributed by atoms with Crippen LogP contribution < -0.4 is 4.72 Å². The molecule has 2 aliphatic rings. The second kappa shape index (κ2) is 5.76. The van der Waals surface area contributed by atoms with Gasteiger partial charge in [0.05, 0.1) is 6.42 Å². The number of aliphatic carboxylic acids is 1. The highest BCUT2D eigenvalue weighted by molar-refractivity contribution is 7.87. The highest BCUT2D eigenvalue weighted by Crippen LogP contribution is 2.32. The molecule has 110 valence electrons. The van der Waals surface area contributed by atoms with Crippen molar-refractivity contribution in [2.75, 3.05) is 13.1 Å². The van der Waals surface area contributed by atoms with Gasteiger partial charge in [-0.2, -0.15) is 17.4 Å². The van der Waals surface area contributed by atoms with Gasteiger partial charge in [-0.3, -0.25) is 4.79 Å². The molecule has 0 atom stereocenters. The van der Waals surface area contributed by atoms with E-state index in [9.17, 15) is 13.2 Å². The average molecular weight is 290 g/mol. The zero-order chi connectivity index (χ0) is 13.9. The first-order valence-corrected chi connectivity index (χ1v) is 8.38. The predicted octanol–water partition coefficient (Wildman–Crippen LogP) is 1.09. The van der Waals surface area contributed by atoms with E-state index in [1.165, 1.54) is 4.31 Å². The molecule has 1 heterocycles. The quantitative estimate of drug-likeness (QED) is 0.793. The largest absolute Gasteiger partial charge is 0.481 e. The number of carbonyl (C=O) groups is 1. The van der Waals surface area contributed by atoms with E-state index in [2.05, 4.69) is 4.72 Å². The smallest absolute Gasteiger partial charge is 0.305 e. The van der Waals surface area contributed by atoms with Gasteiger partial charge in [0.1, 0.15) is 0 Å². The maximum absolute atomic E-state index is 12.3. The molecule has 0 aromatic carbocycles. The van der Waals surface area contributed by atoms with E-state index in [0.29, 0.717) is 25.9 Å². The van der Waals surface area contributed by atoms with Gasteiger partial charge >= 0.3 is 5.97 Å². The monoisotopic (exact) mass is 290 g/mol. The maximum Gasteiger partial charge on any atom is 0.305 e. The Labute approximate surface area is 114 Å². The second-order valence-corrected chi connectivity index (χ2v) is 7.30. The molecule has 2 fully saturated rings. The Morgan fingerprint density at radius 2 is 1.68 bits per heavy atom. The minimum Gasteiger partial charge on any atom is -0.481 e. The molecule has 0 unspecified atom stereocenters. The molecule has 6 nitrogen and oxygen atoms in total. The molecule has 1 saturated carbocycles. The molecule has 1 saturated heterocycles. The zero-order valence-corrected chi connectivity index (χ0v) is 11.9. The van der Waals surface area contributed by atoms with Crippen molar-refractivity contribution < 1.29 is 18.3 Å². The molecule has 19 heavy (non-hydrogen) atoms. The summed E-state index contributed by atoms with van der Waals surface area (Å²) in [5.74, 6) is -0.939. The lowest BCUT2D eigenvalue weighted by Gasteiger charge is -2.37. The highest BCUT2D eigenvalue weighted by Gasteiger charge is 2.40. The molecule has 0 bridgehead atoms. The van der Waals surface area contributed by atoms with E-state index in [1.807, 2.05) is 0 Å². The Hall–Kier alpha value is -0.660. The summed E-state index contributed by atoms with van der Waals surface area (Å²) in [6.07, 6.45) is 5.69. The molecule has 1 aliphatic heterocycles. The summed E-state index contributed by atoms with van der Waals surface area (Å²) in [4.78, 5) is 11.0. The van der Waals surface area contributed by atoms with Crippen LogP contribution in [0.25, 0.3) is 0 Å². The van der Waals surface area contributed by atoms with Gasteiger partial charge in [0.25, 0.3) is 10.2 Å². The van der Waals surface area contributed by atoms with Crippen molar-refractivity contribution in [2.24, 2.45) is 0 Å². The number of carboxylic acids is 1. The standard InChI is InChI=1S/C12H22N2O4S/c15-11(16)10-12(6-2-1-3-7-12)13-19(17,18)14-8-4-5-9-14/h13H,1-10H2,(H,15,16). The second-order valence-electron chi connectivity index (χ2n) is 5.62. The van der Waals surface area contributed by atoms with Gasteiger partial charge in [-0.1, -0.05) is 19.3 Å². The molecule has 1 aliphatic carbocycles. The molecule has 0 radical (unpaired) electrons. The van der Waals surface area contributed by atoms with Gasteiger partial charge < -0.3 is 5.11 Å². The maximum atomic E-state index is 12.3. The van der Waals surface area contributed by atoms with Crippen molar-refractivity contribution >= 4 is 16.2 Å². The van der Waals surface area contributed by atoms with Crippen molar-refractivity contribution in [3.05, 3.63) is 0 Å². The Bertz CT molecular complexity index is 423. The number of carboxylic acid groups (broad SMARTS) is 1. The topological polar surface area (TPSA) is 86.7 Å². The SMILES string of the molecule is O=C(O)CC1(NS(=O)(=O)N2CCCC2)CCCCC1. The van der Waals surface area contributed by atoms with Crippen molar-refractivity contribution in [2.45, 2.75) is 56.9 Å². The molecule has 2 N–H and O–H groups in total. The first-order valence-electron chi connectivity index (χ1n) is 6.94. The van der Waals surface area contributed by atoms with E-state index < -0.39 is 21.7 Å². The summed E-state index contributed by atoms with van der Waals surface area (Å²) < 4.78 is 28.8. The predicted molar refractivity (Wildman–Crippen MR) is 70.9 cm³/mol. The third-order valence-electron chi connectivity index (χ3n) is 4.05. The van der Waals surface area contributed by atoms with Crippen LogP contribution in [0, 0.1) is 0 Å². The summed E-state index contributed by atoms with van der Waals surface area (Å²) >= 11 is 0. The summed E-state index contributed by atoms with van der Waals surface area (Å²) in [7, 11) is -3.54. The highest BCUT2D eigenvalue weighted by atomic mass is 32.2. The third-order valence-corrected chi connectivity index (χ3v) is 5.79. The number of hydrogen-bond donors (Lipinski definition) is 2. The summed E-state index contributed by atoms with van der Waals surface area (Å²) in [6.45, 7) is 1.08. The van der Waals surface area contributed by atoms with Gasteiger partial charge in [-0.05, 0) is 25.7 Å². The van der Waals surface area contributed by atoms with Crippen molar-refractivity contribution in [1.29, 1.82) is 0 Å². The van der Waals surface area contributed by atoms with Crippen LogP contribution in [-0.2, 0) is 15.0 Å². The van der Waals surface area contributed by atoms with Gasteiger partial charge in [-0.15, -0.1) is 0 Å². The molecule has 0 aromatic rings. The van der Waals surface area contributed by atoms with E-state index in [1.54, 1.807) is 0 Å². The lowest BCUT2D eigenvalue weighted by molar-refractivity contribution is -0.138. The van der Waals surface area contributed by atoms with Crippen LogP contribution >= 0.6 is 0 Å². The number of rotatable bonds is 5. The van der Waals surface area contributed by atoms with Crippen molar-refractivity contribution in [1.82, 2.24) is 9.03 Å². The van der Waals surface area contributed by atoms with Crippen molar-refractivity contribution in [3.8, 4) is 0 Å². The lowest BCUT2D eigenvalue weighted by atomic mass is 9.80. The number of nitrogens with one attached hydrogen (secondary N) is 1. The molecule has 0 spiro atoms. The van der Waals surface area contributed by atoms with Gasteiger partial charge in [0, 0.05) is 18.6 Å². The van der Waals surface area contributed by atoms with E-state index in [0.717, 1.165) is 32.1 Å². The summed E-state index contributed by atoms with van der Waals surface area (Å²) in [6, 6.07) is 0. The molecule has 0 amide bonds. The molecule has 7 heteroatoms. The number of hydrogen-bond acceptors (Lipinski definition) is 3. The minimum atomic E-state index is -3.54. The Morgan fingerprint density at radius 3 is 2.21 bits per heavy atom. The fourth-order valence-corrected chi connectivity index (χ4v) is 4.79. The van der Waals surface area contributed by atoms with Crippen LogP contribution in [0.4, 0.5) is 0 Å². The fourth-order valence-electron chi connectivity index (χ4n) is 3.10. The molecule has 0 aromatic heterocycles. The molecule has 2 rings (SSSR count). The lowest BCUT2D eigenvalue weighted by Crippen LogP contribution is -2.54. The van der Waals surface area contributed by atoms with Crippen LogP contribution in [0.15, 0.2) is 0 Å². The Balaban J connectivity index is 2.12. The van der Waals surface area contributed by atoms with E-state index in [-0.39, 0.29) is 6.42 Å². The van der Waals surface area contributed by atoms with E-state index >= 15 is 0 Å². The normalized spacial score (nSPS) is 24.4. The van der Waals surface area contributed by atoms with Crippen LogP contribution in [0.5, 0.6) is 0 Å². The third kappa shape index (κ3) is 3.67. The molecular weight excluding hydrogens is 268 g/mol. The van der Waals surface area contributed by atoms with Crippen LogP contribution in [0.3, 0.4) is 0 Å². The minimum absolute atomic E-state index is 0.125. The van der Waals surface area contributed by atoms with Crippen LogP contribution in [-0.4, -0.2) is 42.4 Å². The van der Waals surface area contributed by atoms with E-state index in [4.69, 9.17) is 5.11 Å². The summed E-state index contributed by atoms with van der Waals surface area (Å²) in [5.41, 5.74) is -0.786. The first kappa shape index (κ1) is 14.7. The van der Waals surface area contributed by atoms with Gasteiger partial charge in [0.15, 0.2) is 0 Å². The number of nitrogens with zero attached hydrogens (tertiary/aromatic N) is 1. The first-order chi connectivity index (χ1) is 8.94. The molecular formula is C12H22N2O4S. The summed E-state index contributed by atoms with van der Waals surface area (Å²) in [5, 5.41) is 9.04. The van der Waals surface area contributed by atoms with Crippen molar-refractivity contribution in [3.63, 3.8) is 0 Å². The van der Waals surface area contributed by atoms with Gasteiger partial charge in [0.2, 0.25) is 0 Å². The van der Waals surface area contributed by atoms with Gasteiger partial charge in [-0.25, -0.2) is 0 Å². The fraction of sp³-hybridized carbons (Fsp3) is 0.917. The average Bonchev–Trinajstić information content (AvgIpc) is 2.81. The Kier molecular flexibility index (Phi) is 4.47. The zero-order valence-electron chi connectivity index (χ0n) is 11.1. The van der Waals surface area contributed by atoms with Crippen LogP contribution in [0.2, 0.25) is 0 Å².